The van der Waals surface area contributed by atoms with E-state index in [-0.39, 0.29) is 41.8 Å². The largest absolute Gasteiger partial charge is 0.502 e. The number of esters is 1. The van der Waals surface area contributed by atoms with Crippen LogP contribution in [0.25, 0.3) is 0 Å². The Morgan fingerprint density at radius 3 is 2.03 bits per heavy atom. The minimum absolute atomic E-state index is 0.118. The molecule has 1 heterocycles. The fourth-order valence-electron chi connectivity index (χ4n) is 5.60. The Kier molecular flexibility index (Phi) is 6.64. The first-order valence-electron chi connectivity index (χ1n) is 12.1. The number of rotatable bonds is 7. The quantitative estimate of drug-likeness (QED) is 0.441. The number of carbonyl (C=O) groups excluding carboxylic acids is 1. The average Bonchev–Trinajstić information content (AvgIpc) is 3.33. The van der Waals surface area contributed by atoms with Crippen LogP contribution in [0.5, 0.6) is 28.7 Å². The standard InChI is InChI=1S/C29H28N2O7/c1-34-21-11-18-19(12-22(21)35-2)27(31-17-7-5-15(13-30)6-8-17)20-14-38-29(33)26(20)25(18)16-9-23(36-3)28(32)24(10-16)37-4/h5-12,20,25-27,31-32H,14H2,1-4H3/t20-,25+,26-,27?/m0/s1. The second-order valence-electron chi connectivity index (χ2n) is 9.22. The van der Waals surface area contributed by atoms with Crippen molar-refractivity contribution in [1.82, 2.24) is 0 Å². The molecule has 0 spiro atoms. The van der Waals surface area contributed by atoms with Gasteiger partial charge in [0, 0.05) is 17.5 Å². The van der Waals surface area contributed by atoms with Gasteiger partial charge in [0.05, 0.1) is 58.6 Å². The zero-order chi connectivity index (χ0) is 27.0. The second kappa shape index (κ2) is 10.1. The first-order chi connectivity index (χ1) is 18.4. The molecule has 1 fully saturated rings. The summed E-state index contributed by atoms with van der Waals surface area (Å²) in [5, 5.41) is 23.3. The first-order valence-corrected chi connectivity index (χ1v) is 12.1. The molecule has 1 aliphatic heterocycles. The van der Waals surface area contributed by atoms with Crippen molar-refractivity contribution in [2.45, 2.75) is 12.0 Å². The minimum atomic E-state index is -0.532. The third kappa shape index (κ3) is 4.08. The van der Waals surface area contributed by atoms with Gasteiger partial charge in [-0.2, -0.15) is 5.26 Å². The van der Waals surface area contributed by atoms with Crippen molar-refractivity contribution in [3.05, 3.63) is 70.8 Å². The molecule has 2 N–H and O–H groups in total. The number of phenolic OH excluding ortho intramolecular Hbond substituents is 1. The number of nitriles is 1. The van der Waals surface area contributed by atoms with E-state index in [2.05, 4.69) is 11.4 Å². The molecule has 9 nitrogen and oxygen atoms in total. The maximum absolute atomic E-state index is 13.3. The van der Waals surface area contributed by atoms with Crippen LogP contribution in [0.2, 0.25) is 0 Å². The number of nitrogens with one attached hydrogen (secondary N) is 1. The number of ether oxygens (including phenoxy) is 5. The molecule has 0 amide bonds. The topological polar surface area (TPSA) is 119 Å². The van der Waals surface area contributed by atoms with Crippen LogP contribution in [-0.4, -0.2) is 46.1 Å². The smallest absolute Gasteiger partial charge is 0.310 e. The molecule has 0 aromatic heterocycles. The number of carbonyl (C=O) groups is 1. The molecule has 5 rings (SSSR count). The predicted molar refractivity (Wildman–Crippen MR) is 138 cm³/mol. The van der Waals surface area contributed by atoms with Crippen LogP contribution in [-0.2, 0) is 9.53 Å². The highest BCUT2D eigenvalue weighted by molar-refractivity contribution is 5.79. The van der Waals surface area contributed by atoms with Gasteiger partial charge in [-0.25, -0.2) is 0 Å². The van der Waals surface area contributed by atoms with Crippen LogP contribution in [0.15, 0.2) is 48.5 Å². The highest BCUT2D eigenvalue weighted by atomic mass is 16.5. The predicted octanol–water partition coefficient (Wildman–Crippen LogP) is 4.39. The van der Waals surface area contributed by atoms with Gasteiger partial charge in [0.1, 0.15) is 0 Å². The number of fused-ring (bicyclic) bond motifs is 2. The summed E-state index contributed by atoms with van der Waals surface area (Å²) in [6.07, 6.45) is 0. The van der Waals surface area contributed by atoms with E-state index < -0.39 is 11.8 Å². The summed E-state index contributed by atoms with van der Waals surface area (Å²) >= 11 is 0. The van der Waals surface area contributed by atoms with Gasteiger partial charge in [-0.3, -0.25) is 4.79 Å². The third-order valence-electron chi connectivity index (χ3n) is 7.40. The number of hydrogen-bond acceptors (Lipinski definition) is 9. The number of anilines is 1. The summed E-state index contributed by atoms with van der Waals surface area (Å²) < 4.78 is 27.7. The summed E-state index contributed by atoms with van der Waals surface area (Å²) in [5.74, 6) is -0.0606. The number of phenols is 1. The van der Waals surface area contributed by atoms with Gasteiger partial charge < -0.3 is 34.1 Å². The molecule has 0 radical (unpaired) electrons. The Labute approximate surface area is 220 Å². The molecule has 1 aliphatic carbocycles. The molecule has 0 saturated carbocycles. The maximum Gasteiger partial charge on any atom is 0.310 e. The number of methoxy groups -OCH3 is 4. The fraction of sp³-hybridized carbons (Fsp3) is 0.310. The number of nitrogens with zero attached hydrogens (tertiary/aromatic N) is 1. The van der Waals surface area contributed by atoms with Gasteiger partial charge >= 0.3 is 5.97 Å². The fourth-order valence-corrected chi connectivity index (χ4v) is 5.60. The number of benzene rings is 3. The van der Waals surface area contributed by atoms with E-state index in [1.807, 2.05) is 24.3 Å². The minimum Gasteiger partial charge on any atom is -0.502 e. The van der Waals surface area contributed by atoms with Gasteiger partial charge in [-0.05, 0) is 65.2 Å². The zero-order valence-electron chi connectivity index (χ0n) is 21.5. The van der Waals surface area contributed by atoms with Crippen LogP contribution in [0.1, 0.15) is 34.2 Å². The van der Waals surface area contributed by atoms with E-state index in [0.29, 0.717) is 17.1 Å². The highest BCUT2D eigenvalue weighted by Crippen LogP contribution is 2.55. The Bertz CT molecular complexity index is 1390. The average molecular weight is 517 g/mol. The summed E-state index contributed by atoms with van der Waals surface area (Å²) in [5.41, 5.74) is 3.86. The highest BCUT2D eigenvalue weighted by Gasteiger charge is 2.52. The van der Waals surface area contributed by atoms with E-state index in [1.54, 1.807) is 38.5 Å². The molecule has 1 saturated heterocycles. The Morgan fingerprint density at radius 1 is 0.895 bits per heavy atom. The lowest BCUT2D eigenvalue weighted by Crippen LogP contribution is -2.37. The van der Waals surface area contributed by atoms with Gasteiger partial charge in [-0.15, -0.1) is 0 Å². The van der Waals surface area contributed by atoms with E-state index in [9.17, 15) is 15.2 Å². The molecule has 2 aliphatic rings. The van der Waals surface area contributed by atoms with Crippen molar-refractivity contribution in [1.29, 1.82) is 5.26 Å². The van der Waals surface area contributed by atoms with Crippen molar-refractivity contribution < 1.29 is 33.6 Å². The molecule has 1 unspecified atom stereocenters. The van der Waals surface area contributed by atoms with Crippen molar-refractivity contribution in [2.75, 3.05) is 40.4 Å². The summed E-state index contributed by atoms with van der Waals surface area (Å²) in [4.78, 5) is 13.3. The lowest BCUT2D eigenvalue weighted by Gasteiger charge is -2.40. The molecule has 9 heteroatoms. The van der Waals surface area contributed by atoms with Crippen molar-refractivity contribution in [2.24, 2.45) is 11.8 Å². The lowest BCUT2D eigenvalue weighted by molar-refractivity contribution is -0.141. The Morgan fingerprint density at radius 2 is 1.47 bits per heavy atom. The van der Waals surface area contributed by atoms with E-state index in [1.165, 1.54) is 14.2 Å². The monoisotopic (exact) mass is 516 g/mol. The van der Waals surface area contributed by atoms with E-state index in [0.717, 1.165) is 22.4 Å². The molecular weight excluding hydrogens is 488 g/mol. The molecule has 4 atom stereocenters. The van der Waals surface area contributed by atoms with Crippen molar-refractivity contribution in [3.63, 3.8) is 0 Å². The SMILES string of the molecule is COc1cc2c(cc1OC)[C@@H](c1cc(OC)c(O)c(OC)c1)[C@H]1C(=O)OC[C@@H]1C2Nc1ccc(C#N)cc1. The van der Waals surface area contributed by atoms with Gasteiger partial charge in [0.15, 0.2) is 23.0 Å². The second-order valence-corrected chi connectivity index (χ2v) is 9.22. The van der Waals surface area contributed by atoms with E-state index >= 15 is 0 Å². The molecule has 0 bridgehead atoms. The van der Waals surface area contributed by atoms with Crippen LogP contribution >= 0.6 is 0 Å². The summed E-state index contributed by atoms with van der Waals surface area (Å²) in [6, 6.07) is 16.3. The zero-order valence-corrected chi connectivity index (χ0v) is 21.5. The third-order valence-corrected chi connectivity index (χ3v) is 7.40. The molecular formula is C29H28N2O7. The summed E-state index contributed by atoms with van der Waals surface area (Å²) in [7, 11) is 6.07. The normalized spacial score (nSPS) is 21.4. The van der Waals surface area contributed by atoms with Gasteiger partial charge in [0.2, 0.25) is 5.75 Å². The van der Waals surface area contributed by atoms with Crippen LogP contribution < -0.4 is 24.3 Å². The molecule has 196 valence electrons. The Hall–Kier alpha value is -4.58. The van der Waals surface area contributed by atoms with Gasteiger partial charge in [-0.1, -0.05) is 0 Å². The summed E-state index contributed by atoms with van der Waals surface area (Å²) in [6.45, 7) is 0.230. The van der Waals surface area contributed by atoms with Crippen LogP contribution in [0, 0.1) is 23.2 Å². The maximum atomic E-state index is 13.3. The molecule has 38 heavy (non-hydrogen) atoms. The number of hydrogen-bond donors (Lipinski definition) is 2. The number of aromatic hydroxyl groups is 1. The first kappa shape index (κ1) is 25.1. The van der Waals surface area contributed by atoms with Crippen molar-refractivity contribution >= 4 is 11.7 Å². The van der Waals surface area contributed by atoms with Gasteiger partial charge in [0.25, 0.3) is 0 Å². The number of cyclic esters (lactones) is 1. The van der Waals surface area contributed by atoms with Crippen LogP contribution in [0.4, 0.5) is 5.69 Å². The molecule has 3 aromatic carbocycles. The van der Waals surface area contributed by atoms with Crippen molar-refractivity contribution in [3.8, 4) is 34.8 Å². The Balaban J connectivity index is 1.72. The lowest BCUT2D eigenvalue weighted by atomic mass is 9.65. The van der Waals surface area contributed by atoms with Crippen LogP contribution in [0.3, 0.4) is 0 Å². The van der Waals surface area contributed by atoms with E-state index in [4.69, 9.17) is 23.7 Å². The molecule has 3 aromatic rings.